The first-order valence-electron chi connectivity index (χ1n) is 9.59. The summed E-state index contributed by atoms with van der Waals surface area (Å²) in [6, 6.07) is 16.6. The summed E-state index contributed by atoms with van der Waals surface area (Å²) in [4.78, 5) is 0.275. The molecular formula is C22H27N3O2S. The highest BCUT2D eigenvalue weighted by Gasteiger charge is 2.14. The number of benzene rings is 2. The molecule has 0 amide bonds. The van der Waals surface area contributed by atoms with Crippen molar-refractivity contribution in [2.24, 2.45) is 0 Å². The van der Waals surface area contributed by atoms with Gasteiger partial charge in [0.25, 0.3) is 10.0 Å². The molecule has 5 nitrogen and oxygen atoms in total. The van der Waals surface area contributed by atoms with E-state index >= 15 is 0 Å². The Bertz CT molecular complexity index is 1040. The van der Waals surface area contributed by atoms with E-state index in [1.807, 2.05) is 54.9 Å². The van der Waals surface area contributed by atoms with Crippen molar-refractivity contribution in [1.29, 1.82) is 0 Å². The van der Waals surface area contributed by atoms with Gasteiger partial charge in [-0.05, 0) is 68.1 Å². The molecule has 0 saturated heterocycles. The molecule has 1 heterocycles. The van der Waals surface area contributed by atoms with E-state index in [1.165, 1.54) is 0 Å². The summed E-state index contributed by atoms with van der Waals surface area (Å²) in [5, 5.41) is 4.46. The molecule has 0 unspecified atom stereocenters. The average molecular weight is 398 g/mol. The van der Waals surface area contributed by atoms with E-state index < -0.39 is 10.0 Å². The first-order valence-corrected chi connectivity index (χ1v) is 11.1. The van der Waals surface area contributed by atoms with Crippen molar-refractivity contribution < 1.29 is 8.42 Å². The van der Waals surface area contributed by atoms with Crippen LogP contribution in [0.25, 0.3) is 0 Å². The van der Waals surface area contributed by atoms with Gasteiger partial charge in [0.15, 0.2) is 0 Å². The minimum Gasteiger partial charge on any atom is -0.280 e. The Morgan fingerprint density at radius 3 is 2.39 bits per heavy atom. The molecule has 28 heavy (non-hydrogen) atoms. The van der Waals surface area contributed by atoms with Crippen LogP contribution in [0.5, 0.6) is 0 Å². The topological polar surface area (TPSA) is 64.0 Å². The Morgan fingerprint density at radius 2 is 1.75 bits per heavy atom. The molecule has 0 saturated carbocycles. The van der Waals surface area contributed by atoms with Gasteiger partial charge in [-0.15, -0.1) is 0 Å². The Morgan fingerprint density at radius 1 is 1.00 bits per heavy atom. The number of unbranched alkanes of at least 4 members (excludes halogenated alkanes) is 1. The molecule has 0 aliphatic heterocycles. The van der Waals surface area contributed by atoms with Crippen LogP contribution in [0.4, 0.5) is 5.69 Å². The lowest BCUT2D eigenvalue weighted by molar-refractivity contribution is 0.601. The highest BCUT2D eigenvalue weighted by molar-refractivity contribution is 7.92. The summed E-state index contributed by atoms with van der Waals surface area (Å²) in [6.45, 7) is 6.71. The first-order chi connectivity index (χ1) is 13.4. The summed E-state index contributed by atoms with van der Waals surface area (Å²) in [5.74, 6) is 0. The lowest BCUT2D eigenvalue weighted by atomic mass is 10.1. The van der Waals surface area contributed by atoms with Gasteiger partial charge in [0.05, 0.1) is 17.1 Å². The summed E-state index contributed by atoms with van der Waals surface area (Å²) in [5.41, 5.74) is 4.74. The number of hydrogen-bond acceptors (Lipinski definition) is 3. The third-order valence-corrected chi connectivity index (χ3v) is 6.06. The van der Waals surface area contributed by atoms with Crippen LogP contribution in [-0.4, -0.2) is 18.2 Å². The molecule has 0 radical (unpaired) electrons. The maximum Gasteiger partial charge on any atom is 0.261 e. The predicted molar refractivity (Wildman–Crippen MR) is 113 cm³/mol. The third-order valence-electron chi connectivity index (χ3n) is 4.67. The van der Waals surface area contributed by atoms with Crippen LogP contribution in [-0.2, 0) is 23.0 Å². The molecule has 0 aliphatic rings. The zero-order valence-corrected chi connectivity index (χ0v) is 17.5. The largest absolute Gasteiger partial charge is 0.280 e. The van der Waals surface area contributed by atoms with Gasteiger partial charge in [-0.3, -0.25) is 9.40 Å². The van der Waals surface area contributed by atoms with E-state index in [1.54, 1.807) is 18.2 Å². The summed E-state index contributed by atoms with van der Waals surface area (Å²) in [7, 11) is -3.62. The molecule has 0 aliphatic carbocycles. The quantitative estimate of drug-likeness (QED) is 0.600. The highest BCUT2D eigenvalue weighted by atomic mass is 32.2. The van der Waals surface area contributed by atoms with Crippen LogP contribution in [0.1, 0.15) is 42.3 Å². The Balaban J connectivity index is 1.74. The SMILES string of the molecule is CCCCc1ccc(S(=O)(=O)Nc2cccc(Cn3nc(C)cc3C)c2)cc1. The highest BCUT2D eigenvalue weighted by Crippen LogP contribution is 2.19. The Hall–Kier alpha value is -2.60. The van der Waals surface area contributed by atoms with Gasteiger partial charge in [-0.2, -0.15) is 5.10 Å². The van der Waals surface area contributed by atoms with Gasteiger partial charge in [-0.25, -0.2) is 8.42 Å². The molecule has 3 rings (SSSR count). The van der Waals surface area contributed by atoms with Crippen LogP contribution < -0.4 is 4.72 Å². The van der Waals surface area contributed by atoms with E-state index in [2.05, 4.69) is 16.7 Å². The maximum absolute atomic E-state index is 12.7. The standard InChI is InChI=1S/C22H27N3O2S/c1-4-5-7-19-10-12-22(13-11-19)28(26,27)24-21-9-6-8-20(15-21)16-25-18(3)14-17(2)23-25/h6,8-15,24H,4-5,7,16H2,1-3H3. The zero-order valence-electron chi connectivity index (χ0n) is 16.6. The minimum absolute atomic E-state index is 0.275. The van der Waals surface area contributed by atoms with Gasteiger partial charge >= 0.3 is 0 Å². The van der Waals surface area contributed by atoms with Gasteiger partial charge in [-0.1, -0.05) is 37.6 Å². The molecule has 148 valence electrons. The molecule has 3 aromatic rings. The molecular weight excluding hydrogens is 370 g/mol. The number of aromatic nitrogens is 2. The van der Waals surface area contributed by atoms with Crippen LogP contribution in [0.15, 0.2) is 59.5 Å². The normalized spacial score (nSPS) is 11.5. The number of aryl methyl sites for hydroxylation is 3. The number of rotatable bonds is 8. The number of nitrogens with zero attached hydrogens (tertiary/aromatic N) is 2. The predicted octanol–water partition coefficient (Wildman–Crippen LogP) is 4.69. The van der Waals surface area contributed by atoms with Gasteiger partial charge in [0, 0.05) is 11.4 Å². The molecule has 0 fully saturated rings. The van der Waals surface area contributed by atoms with Crippen molar-refractivity contribution in [3.63, 3.8) is 0 Å². The number of anilines is 1. The van der Waals surface area contributed by atoms with Crippen LogP contribution >= 0.6 is 0 Å². The fourth-order valence-corrected chi connectivity index (χ4v) is 4.22. The van der Waals surface area contributed by atoms with Gasteiger partial charge in [0.2, 0.25) is 0 Å². The second-order valence-electron chi connectivity index (χ2n) is 7.14. The Labute approximate surface area is 167 Å². The fourth-order valence-electron chi connectivity index (χ4n) is 3.17. The molecule has 1 aromatic heterocycles. The lowest BCUT2D eigenvalue weighted by Gasteiger charge is -2.11. The van der Waals surface area contributed by atoms with E-state index in [-0.39, 0.29) is 4.90 Å². The molecule has 2 aromatic carbocycles. The molecule has 1 N–H and O–H groups in total. The Kier molecular flexibility index (Phi) is 6.19. The zero-order chi connectivity index (χ0) is 20.1. The second kappa shape index (κ2) is 8.61. The third kappa shape index (κ3) is 5.01. The van der Waals surface area contributed by atoms with E-state index in [4.69, 9.17) is 0 Å². The van der Waals surface area contributed by atoms with Crippen molar-refractivity contribution in [3.8, 4) is 0 Å². The summed E-state index contributed by atoms with van der Waals surface area (Å²) < 4.78 is 30.1. The van der Waals surface area contributed by atoms with E-state index in [0.717, 1.165) is 41.8 Å². The monoisotopic (exact) mass is 397 g/mol. The van der Waals surface area contributed by atoms with E-state index in [0.29, 0.717) is 12.2 Å². The minimum atomic E-state index is -3.62. The van der Waals surface area contributed by atoms with Gasteiger partial charge in [0.1, 0.15) is 0 Å². The summed E-state index contributed by atoms with van der Waals surface area (Å²) in [6.07, 6.45) is 3.20. The molecule has 0 bridgehead atoms. The van der Waals surface area contributed by atoms with E-state index in [9.17, 15) is 8.42 Å². The molecule has 0 spiro atoms. The smallest absolute Gasteiger partial charge is 0.261 e. The maximum atomic E-state index is 12.7. The van der Waals surface area contributed by atoms with Gasteiger partial charge < -0.3 is 0 Å². The molecule has 6 heteroatoms. The lowest BCUT2D eigenvalue weighted by Crippen LogP contribution is -2.13. The van der Waals surface area contributed by atoms with Crippen molar-refractivity contribution >= 4 is 15.7 Å². The van der Waals surface area contributed by atoms with Crippen LogP contribution in [0.3, 0.4) is 0 Å². The summed E-state index contributed by atoms with van der Waals surface area (Å²) >= 11 is 0. The number of hydrogen-bond donors (Lipinski definition) is 1. The molecule has 0 atom stereocenters. The number of sulfonamides is 1. The van der Waals surface area contributed by atoms with Crippen molar-refractivity contribution in [3.05, 3.63) is 77.1 Å². The fraction of sp³-hybridized carbons (Fsp3) is 0.318. The first kappa shape index (κ1) is 20.1. The van der Waals surface area contributed by atoms with Crippen molar-refractivity contribution in [2.75, 3.05) is 4.72 Å². The average Bonchev–Trinajstić information content (AvgIpc) is 2.97. The van der Waals surface area contributed by atoms with Crippen LogP contribution in [0.2, 0.25) is 0 Å². The van der Waals surface area contributed by atoms with Crippen LogP contribution in [0, 0.1) is 13.8 Å². The second-order valence-corrected chi connectivity index (χ2v) is 8.82. The number of nitrogens with one attached hydrogen (secondary N) is 1. The van der Waals surface area contributed by atoms with Crippen molar-refractivity contribution in [1.82, 2.24) is 9.78 Å². The van der Waals surface area contributed by atoms with Crippen molar-refractivity contribution in [2.45, 2.75) is 51.5 Å².